The summed E-state index contributed by atoms with van der Waals surface area (Å²) in [6, 6.07) is -1.18. The molecule has 0 aromatic heterocycles. The molecule has 3 amide bonds. The van der Waals surface area contributed by atoms with Crippen molar-refractivity contribution in [1.29, 1.82) is 0 Å². The molecule has 7 heteroatoms. The molecule has 0 saturated carbocycles. The molecular weight excluding hydrogens is 406 g/mol. The molecule has 2 aliphatic rings. The highest BCUT2D eigenvalue weighted by atomic mass is 16.3. The SMILES string of the molecule is CCCC(C)NC(=O)[C@@H]1[C@H]2C=C[C@@H](CCC)[C@@H](C(=O)NC)[C@@H]2C(=O)N1[C@@H](CO)[C@@H](C)CC. The van der Waals surface area contributed by atoms with Gasteiger partial charge in [-0.3, -0.25) is 14.4 Å². The highest BCUT2D eigenvalue weighted by molar-refractivity contribution is 5.97. The van der Waals surface area contributed by atoms with Gasteiger partial charge < -0.3 is 20.6 Å². The molecule has 2 rings (SSSR count). The van der Waals surface area contributed by atoms with E-state index in [2.05, 4.69) is 24.5 Å². The van der Waals surface area contributed by atoms with Crippen molar-refractivity contribution >= 4 is 17.7 Å². The lowest BCUT2D eigenvalue weighted by Crippen LogP contribution is -2.55. The number of carbonyl (C=O) groups is 3. The van der Waals surface area contributed by atoms with Gasteiger partial charge >= 0.3 is 0 Å². The van der Waals surface area contributed by atoms with Crippen molar-refractivity contribution in [2.45, 2.75) is 84.8 Å². The van der Waals surface area contributed by atoms with Crippen LogP contribution in [0.25, 0.3) is 0 Å². The van der Waals surface area contributed by atoms with Gasteiger partial charge in [0, 0.05) is 19.0 Å². The van der Waals surface area contributed by atoms with E-state index < -0.39 is 23.9 Å². The maximum Gasteiger partial charge on any atom is 0.243 e. The molecule has 1 fully saturated rings. The molecule has 7 nitrogen and oxygen atoms in total. The Morgan fingerprint density at radius 3 is 2.34 bits per heavy atom. The number of nitrogens with zero attached hydrogens (tertiary/aromatic N) is 1. The number of allylic oxidation sites excluding steroid dienone is 1. The van der Waals surface area contributed by atoms with Crippen LogP contribution in [0, 0.1) is 29.6 Å². The maximum absolute atomic E-state index is 13.9. The molecule has 0 spiro atoms. The van der Waals surface area contributed by atoms with Gasteiger partial charge in [0.1, 0.15) is 6.04 Å². The van der Waals surface area contributed by atoms with Crippen molar-refractivity contribution < 1.29 is 19.5 Å². The molecule has 8 atom stereocenters. The number of rotatable bonds is 11. The highest BCUT2D eigenvalue weighted by Crippen LogP contribution is 2.46. The van der Waals surface area contributed by atoms with Crippen molar-refractivity contribution in [2.75, 3.05) is 13.7 Å². The summed E-state index contributed by atoms with van der Waals surface area (Å²) in [6.45, 7) is 9.92. The number of aliphatic hydroxyl groups excluding tert-OH is 1. The molecule has 1 saturated heterocycles. The lowest BCUT2D eigenvalue weighted by molar-refractivity contribution is -0.144. The lowest BCUT2D eigenvalue weighted by atomic mass is 9.68. The van der Waals surface area contributed by atoms with Crippen molar-refractivity contribution in [3.8, 4) is 0 Å². The van der Waals surface area contributed by atoms with Crippen LogP contribution in [0.3, 0.4) is 0 Å². The number of aliphatic hydroxyl groups is 1. The summed E-state index contributed by atoms with van der Waals surface area (Å²) in [6.07, 6.45) is 8.32. The number of carbonyl (C=O) groups excluding carboxylic acids is 3. The van der Waals surface area contributed by atoms with E-state index >= 15 is 0 Å². The summed E-state index contributed by atoms with van der Waals surface area (Å²) in [5, 5.41) is 16.1. The summed E-state index contributed by atoms with van der Waals surface area (Å²) in [5.41, 5.74) is 0. The van der Waals surface area contributed by atoms with E-state index in [0.717, 1.165) is 32.1 Å². The van der Waals surface area contributed by atoms with Crippen LogP contribution in [-0.2, 0) is 14.4 Å². The molecule has 0 bridgehead atoms. The molecule has 32 heavy (non-hydrogen) atoms. The minimum Gasteiger partial charge on any atom is -0.394 e. The van der Waals surface area contributed by atoms with Gasteiger partial charge in [-0.05, 0) is 31.6 Å². The molecule has 0 aromatic rings. The van der Waals surface area contributed by atoms with Crippen LogP contribution in [0.5, 0.6) is 0 Å². The first kappa shape index (κ1) is 26.4. The predicted molar refractivity (Wildman–Crippen MR) is 126 cm³/mol. The van der Waals surface area contributed by atoms with Crippen LogP contribution in [0.15, 0.2) is 12.2 Å². The minimum atomic E-state index is -0.719. The van der Waals surface area contributed by atoms with Gasteiger partial charge in [0.25, 0.3) is 0 Å². The Morgan fingerprint density at radius 2 is 1.81 bits per heavy atom. The third-order valence-electron chi connectivity index (χ3n) is 7.44. The third kappa shape index (κ3) is 5.19. The largest absolute Gasteiger partial charge is 0.394 e. The number of nitrogens with one attached hydrogen (secondary N) is 2. The second-order valence-corrected chi connectivity index (χ2v) is 9.60. The lowest BCUT2D eigenvalue weighted by Gasteiger charge is -2.36. The number of likely N-dealkylation sites (tertiary alicyclic amines) is 1. The topological polar surface area (TPSA) is 98.7 Å². The molecule has 1 aliphatic carbocycles. The average Bonchev–Trinajstić information content (AvgIpc) is 3.06. The zero-order valence-electron chi connectivity index (χ0n) is 20.6. The molecule has 1 unspecified atom stereocenters. The first-order valence-electron chi connectivity index (χ1n) is 12.4. The molecule has 1 heterocycles. The van der Waals surface area contributed by atoms with E-state index in [1.54, 1.807) is 11.9 Å². The van der Waals surface area contributed by atoms with Crippen LogP contribution < -0.4 is 10.6 Å². The zero-order valence-corrected chi connectivity index (χ0v) is 20.6. The summed E-state index contributed by atoms with van der Waals surface area (Å²) in [5.74, 6) is -2.02. The van der Waals surface area contributed by atoms with E-state index in [1.807, 2.05) is 32.9 Å². The standard InChI is InChI=1S/C25H43N3O4/c1-7-10-16(5)27-24(31)22-18-13-12-17(11-8-2)20(23(30)26-6)21(18)25(32)28(22)19(14-29)15(4)9-3/h12-13,15-22,29H,7-11,14H2,1-6H3,(H,26,30)(H,27,31)/t15-,16?,17+,18-,19-,20+,21+,22-/m0/s1. The van der Waals surface area contributed by atoms with Gasteiger partial charge in [-0.25, -0.2) is 0 Å². The summed E-state index contributed by atoms with van der Waals surface area (Å²) >= 11 is 0. The van der Waals surface area contributed by atoms with E-state index in [4.69, 9.17) is 0 Å². The number of hydrogen-bond donors (Lipinski definition) is 3. The van der Waals surface area contributed by atoms with Crippen LogP contribution in [0.2, 0.25) is 0 Å². The maximum atomic E-state index is 13.9. The average molecular weight is 450 g/mol. The monoisotopic (exact) mass is 449 g/mol. The fraction of sp³-hybridized carbons (Fsp3) is 0.800. The molecule has 182 valence electrons. The van der Waals surface area contributed by atoms with E-state index in [1.165, 1.54) is 0 Å². The molecular formula is C25H43N3O4. The van der Waals surface area contributed by atoms with Gasteiger partial charge in [0.15, 0.2) is 0 Å². The second kappa shape index (κ2) is 11.8. The zero-order chi connectivity index (χ0) is 24.0. The smallest absolute Gasteiger partial charge is 0.243 e. The van der Waals surface area contributed by atoms with Gasteiger partial charge in [-0.2, -0.15) is 0 Å². The molecule has 0 radical (unpaired) electrons. The first-order valence-corrected chi connectivity index (χ1v) is 12.4. The highest BCUT2D eigenvalue weighted by Gasteiger charge is 2.58. The summed E-state index contributed by atoms with van der Waals surface area (Å²) in [4.78, 5) is 42.0. The van der Waals surface area contributed by atoms with Crippen molar-refractivity contribution in [3.63, 3.8) is 0 Å². The Morgan fingerprint density at radius 1 is 1.12 bits per heavy atom. The Labute approximate surface area is 193 Å². The first-order chi connectivity index (χ1) is 15.3. The van der Waals surface area contributed by atoms with Crippen molar-refractivity contribution in [2.24, 2.45) is 29.6 Å². The number of hydrogen-bond acceptors (Lipinski definition) is 4. The Kier molecular flexibility index (Phi) is 9.74. The molecule has 3 N–H and O–H groups in total. The van der Waals surface area contributed by atoms with Gasteiger partial charge in [-0.15, -0.1) is 0 Å². The van der Waals surface area contributed by atoms with Crippen LogP contribution in [0.1, 0.15) is 66.7 Å². The predicted octanol–water partition coefficient (Wildman–Crippen LogP) is 2.49. The quantitative estimate of drug-likeness (QED) is 0.422. The minimum absolute atomic E-state index is 0.00479. The number of fused-ring (bicyclic) bond motifs is 1. The van der Waals surface area contributed by atoms with Crippen LogP contribution in [0.4, 0.5) is 0 Å². The fourth-order valence-electron chi connectivity index (χ4n) is 5.58. The number of amides is 3. The van der Waals surface area contributed by atoms with Gasteiger partial charge in [-0.1, -0.05) is 59.1 Å². The van der Waals surface area contributed by atoms with E-state index in [-0.39, 0.29) is 48.1 Å². The summed E-state index contributed by atoms with van der Waals surface area (Å²) < 4.78 is 0. The Hall–Kier alpha value is -1.89. The van der Waals surface area contributed by atoms with Gasteiger partial charge in [0.2, 0.25) is 17.7 Å². The Balaban J connectivity index is 2.54. The second-order valence-electron chi connectivity index (χ2n) is 9.60. The Bertz CT molecular complexity index is 695. The van der Waals surface area contributed by atoms with Crippen molar-refractivity contribution in [1.82, 2.24) is 15.5 Å². The molecule has 1 aliphatic heterocycles. The summed E-state index contributed by atoms with van der Waals surface area (Å²) in [7, 11) is 1.60. The van der Waals surface area contributed by atoms with Crippen LogP contribution >= 0.6 is 0 Å². The molecule has 0 aromatic carbocycles. The fourth-order valence-corrected chi connectivity index (χ4v) is 5.58. The third-order valence-corrected chi connectivity index (χ3v) is 7.44. The van der Waals surface area contributed by atoms with Crippen LogP contribution in [-0.4, -0.2) is 59.5 Å². The van der Waals surface area contributed by atoms with E-state index in [9.17, 15) is 19.5 Å². The van der Waals surface area contributed by atoms with Gasteiger partial charge in [0.05, 0.1) is 24.5 Å². The van der Waals surface area contributed by atoms with Crippen molar-refractivity contribution in [3.05, 3.63) is 12.2 Å². The van der Waals surface area contributed by atoms with E-state index in [0.29, 0.717) is 0 Å². The normalized spacial score (nSPS) is 29.9.